The molecule has 1 unspecified atom stereocenters. The summed E-state index contributed by atoms with van der Waals surface area (Å²) in [7, 11) is 0. The molecule has 2 aliphatic heterocycles. The Hall–Kier alpha value is -2.73. The molecule has 4 heterocycles. The van der Waals surface area contributed by atoms with Crippen LogP contribution in [0.15, 0.2) is 30.3 Å². The van der Waals surface area contributed by atoms with Crippen LogP contribution in [-0.2, 0) is 17.9 Å². The molecule has 1 saturated heterocycles. The molecule has 1 fully saturated rings. The number of nitrogens with zero attached hydrogens (tertiary/aromatic N) is 4. The number of aromatic nitrogens is 3. The topological polar surface area (TPSA) is 63.1 Å². The predicted molar refractivity (Wildman–Crippen MR) is 110 cm³/mol. The van der Waals surface area contributed by atoms with E-state index in [1.165, 1.54) is 5.69 Å². The lowest BCUT2D eigenvalue weighted by Gasteiger charge is -2.22. The Kier molecular flexibility index (Phi) is 4.16. The molecule has 6 heteroatoms. The number of hydrogen-bond acceptors (Lipinski definition) is 4. The highest BCUT2D eigenvalue weighted by Gasteiger charge is 2.29. The summed E-state index contributed by atoms with van der Waals surface area (Å²) in [6, 6.07) is 10.7. The molecule has 1 N–H and O–H groups in total. The van der Waals surface area contributed by atoms with Crippen LogP contribution < -0.4 is 10.2 Å². The summed E-state index contributed by atoms with van der Waals surface area (Å²) in [5.74, 6) is 0.210. The monoisotopic (exact) mass is 375 g/mol. The van der Waals surface area contributed by atoms with Gasteiger partial charge in [0.05, 0.1) is 16.9 Å². The van der Waals surface area contributed by atoms with Gasteiger partial charge in [-0.3, -0.25) is 9.48 Å². The Labute approximate surface area is 164 Å². The van der Waals surface area contributed by atoms with Gasteiger partial charge in [-0.2, -0.15) is 5.10 Å². The molecule has 5 rings (SSSR count). The first kappa shape index (κ1) is 17.4. The standard InChI is InChI=1S/C22H25N5O/c1-14-10-20(21-12-17-13-23-8-3-9-26(17)25-21)24-19-6-5-16(11-18(14)19)27-15(2)4-7-22(27)28/h5-6,10-12,15,23H,3-4,7-9,13H2,1-2H3. The number of anilines is 1. The lowest BCUT2D eigenvalue weighted by Crippen LogP contribution is -2.30. The first-order valence-electron chi connectivity index (χ1n) is 10.1. The van der Waals surface area contributed by atoms with E-state index in [-0.39, 0.29) is 11.9 Å². The smallest absolute Gasteiger partial charge is 0.227 e. The Bertz CT molecular complexity index is 1050. The number of amides is 1. The third-order valence-corrected chi connectivity index (χ3v) is 5.92. The molecule has 2 aromatic heterocycles. The maximum absolute atomic E-state index is 12.3. The Morgan fingerprint density at radius 1 is 1.18 bits per heavy atom. The van der Waals surface area contributed by atoms with E-state index in [2.05, 4.69) is 42.0 Å². The molecule has 144 valence electrons. The van der Waals surface area contributed by atoms with Crippen molar-refractivity contribution in [3.63, 3.8) is 0 Å². The molecule has 0 saturated carbocycles. The molecule has 1 atom stereocenters. The molecule has 28 heavy (non-hydrogen) atoms. The van der Waals surface area contributed by atoms with Crippen LogP contribution in [0.4, 0.5) is 5.69 Å². The molecule has 1 amide bonds. The normalized spacial score (nSPS) is 19.9. The molecule has 6 nitrogen and oxygen atoms in total. The van der Waals surface area contributed by atoms with Gasteiger partial charge in [-0.1, -0.05) is 0 Å². The van der Waals surface area contributed by atoms with Crippen LogP contribution in [-0.4, -0.2) is 33.3 Å². The van der Waals surface area contributed by atoms with E-state index < -0.39 is 0 Å². The van der Waals surface area contributed by atoms with Crippen LogP contribution in [0.5, 0.6) is 0 Å². The summed E-state index contributed by atoms with van der Waals surface area (Å²) in [4.78, 5) is 19.1. The number of aryl methyl sites for hydroxylation is 2. The first-order chi connectivity index (χ1) is 13.6. The Morgan fingerprint density at radius 3 is 2.89 bits per heavy atom. The zero-order valence-corrected chi connectivity index (χ0v) is 16.4. The van der Waals surface area contributed by atoms with Crippen molar-refractivity contribution >= 4 is 22.5 Å². The van der Waals surface area contributed by atoms with Crippen LogP contribution in [0.2, 0.25) is 0 Å². The highest BCUT2D eigenvalue weighted by atomic mass is 16.2. The van der Waals surface area contributed by atoms with Gasteiger partial charge < -0.3 is 10.2 Å². The summed E-state index contributed by atoms with van der Waals surface area (Å²) in [5, 5.41) is 9.32. The number of nitrogens with one attached hydrogen (secondary N) is 1. The van der Waals surface area contributed by atoms with E-state index in [0.29, 0.717) is 6.42 Å². The second-order valence-electron chi connectivity index (χ2n) is 7.95. The molecule has 3 aromatic rings. The molecular weight excluding hydrogens is 350 g/mol. The summed E-state index contributed by atoms with van der Waals surface area (Å²) < 4.78 is 2.10. The summed E-state index contributed by atoms with van der Waals surface area (Å²) in [5.41, 5.74) is 6.12. The van der Waals surface area contributed by atoms with Crippen LogP contribution in [0.3, 0.4) is 0 Å². The van der Waals surface area contributed by atoms with Crippen LogP contribution in [0.1, 0.15) is 37.4 Å². The summed E-state index contributed by atoms with van der Waals surface area (Å²) in [6.07, 6.45) is 2.65. The van der Waals surface area contributed by atoms with Crippen molar-refractivity contribution in [1.29, 1.82) is 0 Å². The maximum atomic E-state index is 12.3. The highest BCUT2D eigenvalue weighted by molar-refractivity contribution is 5.98. The van der Waals surface area contributed by atoms with Crippen molar-refractivity contribution in [2.75, 3.05) is 11.4 Å². The van der Waals surface area contributed by atoms with Crippen molar-refractivity contribution < 1.29 is 4.79 Å². The van der Waals surface area contributed by atoms with E-state index in [9.17, 15) is 4.79 Å². The van der Waals surface area contributed by atoms with Crippen molar-refractivity contribution in [2.24, 2.45) is 0 Å². The van der Waals surface area contributed by atoms with Crippen molar-refractivity contribution in [1.82, 2.24) is 20.1 Å². The molecule has 0 aliphatic carbocycles. The molecule has 0 radical (unpaired) electrons. The molecular formula is C22H25N5O. The molecule has 0 bridgehead atoms. The van der Waals surface area contributed by atoms with Crippen LogP contribution in [0.25, 0.3) is 22.3 Å². The fourth-order valence-electron chi connectivity index (χ4n) is 4.38. The number of rotatable bonds is 2. The van der Waals surface area contributed by atoms with E-state index in [1.807, 2.05) is 17.0 Å². The zero-order chi connectivity index (χ0) is 19.3. The van der Waals surface area contributed by atoms with E-state index in [4.69, 9.17) is 10.1 Å². The average molecular weight is 375 g/mol. The third kappa shape index (κ3) is 2.88. The van der Waals surface area contributed by atoms with Gasteiger partial charge in [0.25, 0.3) is 0 Å². The van der Waals surface area contributed by atoms with Gasteiger partial charge in [-0.15, -0.1) is 0 Å². The highest BCUT2D eigenvalue weighted by Crippen LogP contribution is 2.31. The number of carbonyl (C=O) groups is 1. The number of carbonyl (C=O) groups excluding carboxylic acids is 1. The van der Waals surface area contributed by atoms with Gasteiger partial charge in [0.1, 0.15) is 5.69 Å². The number of fused-ring (bicyclic) bond motifs is 2. The molecule has 2 aliphatic rings. The van der Waals surface area contributed by atoms with E-state index in [1.54, 1.807) is 0 Å². The fourth-order valence-corrected chi connectivity index (χ4v) is 4.38. The minimum Gasteiger partial charge on any atom is -0.311 e. The largest absolute Gasteiger partial charge is 0.311 e. The van der Waals surface area contributed by atoms with Gasteiger partial charge in [0, 0.05) is 36.6 Å². The molecule has 0 spiro atoms. The Morgan fingerprint density at radius 2 is 2.07 bits per heavy atom. The average Bonchev–Trinajstić information content (AvgIpc) is 3.17. The first-order valence-corrected chi connectivity index (χ1v) is 10.1. The number of pyridine rings is 1. The lowest BCUT2D eigenvalue weighted by atomic mass is 10.1. The summed E-state index contributed by atoms with van der Waals surface area (Å²) >= 11 is 0. The van der Waals surface area contributed by atoms with Gasteiger partial charge in [-0.05, 0) is 69.1 Å². The van der Waals surface area contributed by atoms with E-state index >= 15 is 0 Å². The SMILES string of the molecule is Cc1cc(-c2cc3n(n2)CCCNC3)nc2ccc(N3C(=O)CCC3C)cc12. The minimum atomic E-state index is 0.210. The quantitative estimate of drug-likeness (QED) is 0.746. The number of benzene rings is 1. The van der Waals surface area contributed by atoms with Gasteiger partial charge >= 0.3 is 0 Å². The maximum Gasteiger partial charge on any atom is 0.227 e. The van der Waals surface area contributed by atoms with Crippen molar-refractivity contribution in [3.8, 4) is 11.4 Å². The summed E-state index contributed by atoms with van der Waals surface area (Å²) in [6.45, 7) is 7.05. The van der Waals surface area contributed by atoms with Gasteiger partial charge in [-0.25, -0.2) is 4.98 Å². The Balaban J connectivity index is 1.54. The van der Waals surface area contributed by atoms with Gasteiger partial charge in [0.2, 0.25) is 5.91 Å². The van der Waals surface area contributed by atoms with Gasteiger partial charge in [0.15, 0.2) is 0 Å². The third-order valence-electron chi connectivity index (χ3n) is 5.92. The van der Waals surface area contributed by atoms with Crippen molar-refractivity contribution in [2.45, 2.75) is 52.2 Å². The van der Waals surface area contributed by atoms with E-state index in [0.717, 1.165) is 66.0 Å². The van der Waals surface area contributed by atoms with Crippen molar-refractivity contribution in [3.05, 3.63) is 41.6 Å². The molecule has 1 aromatic carbocycles. The predicted octanol–water partition coefficient (Wildman–Crippen LogP) is 3.42. The minimum absolute atomic E-state index is 0.210. The lowest BCUT2D eigenvalue weighted by molar-refractivity contribution is -0.117. The zero-order valence-electron chi connectivity index (χ0n) is 16.4. The number of hydrogen-bond donors (Lipinski definition) is 1. The second-order valence-corrected chi connectivity index (χ2v) is 7.95. The second kappa shape index (κ2) is 6.71. The fraction of sp³-hybridized carbons (Fsp3) is 0.409. The van der Waals surface area contributed by atoms with Crippen LogP contribution in [0, 0.1) is 6.92 Å². The van der Waals surface area contributed by atoms with Crippen LogP contribution >= 0.6 is 0 Å².